The second-order valence-electron chi connectivity index (χ2n) is 5.42. The van der Waals surface area contributed by atoms with Crippen LogP contribution in [0.4, 0.5) is 0 Å². The maximum absolute atomic E-state index is 3.55. The highest BCUT2D eigenvalue weighted by Crippen LogP contribution is 2.31. The molecule has 1 aliphatic carbocycles. The largest absolute Gasteiger partial charge is 0.314 e. The molecule has 0 aromatic carbocycles. The molecule has 1 aliphatic heterocycles. The quantitative estimate of drug-likeness (QED) is 0.720. The zero-order valence-electron chi connectivity index (χ0n) is 9.63. The van der Waals surface area contributed by atoms with Crippen molar-refractivity contribution >= 4 is 0 Å². The smallest absolute Gasteiger partial charge is 0.00224 e. The summed E-state index contributed by atoms with van der Waals surface area (Å²) < 4.78 is 0. The minimum absolute atomic E-state index is 0.646. The third-order valence-corrected chi connectivity index (χ3v) is 3.40. The average Bonchev–Trinajstić information content (AvgIpc) is 2.81. The highest BCUT2D eigenvalue weighted by molar-refractivity contribution is 4.83. The second-order valence-corrected chi connectivity index (χ2v) is 5.42. The van der Waals surface area contributed by atoms with Gasteiger partial charge in [0, 0.05) is 19.1 Å². The fraction of sp³-hybridized carbons (Fsp3) is 1.00. The van der Waals surface area contributed by atoms with Gasteiger partial charge >= 0.3 is 0 Å². The Morgan fingerprint density at radius 2 is 2.00 bits per heavy atom. The second kappa shape index (κ2) is 4.63. The van der Waals surface area contributed by atoms with Gasteiger partial charge in [0.1, 0.15) is 0 Å². The Morgan fingerprint density at radius 1 is 1.21 bits per heavy atom. The molecule has 82 valence electrons. The predicted molar refractivity (Wildman–Crippen MR) is 60.4 cm³/mol. The maximum Gasteiger partial charge on any atom is 0.00224 e. The molecular weight excluding hydrogens is 172 g/mol. The summed E-state index contributed by atoms with van der Waals surface area (Å²) in [4.78, 5) is 2.67. The van der Waals surface area contributed by atoms with Crippen LogP contribution in [-0.4, -0.2) is 37.1 Å². The van der Waals surface area contributed by atoms with Gasteiger partial charge in [-0.3, -0.25) is 0 Å². The van der Waals surface area contributed by atoms with Gasteiger partial charge in [0.15, 0.2) is 0 Å². The number of nitrogens with one attached hydrogen (secondary N) is 1. The van der Waals surface area contributed by atoms with Crippen LogP contribution in [-0.2, 0) is 0 Å². The monoisotopic (exact) mass is 196 g/mol. The summed E-state index contributed by atoms with van der Waals surface area (Å²) in [5.74, 6) is 1.97. The summed E-state index contributed by atoms with van der Waals surface area (Å²) >= 11 is 0. The van der Waals surface area contributed by atoms with Crippen molar-refractivity contribution in [3.63, 3.8) is 0 Å². The van der Waals surface area contributed by atoms with Gasteiger partial charge in [0.2, 0.25) is 0 Å². The SMILES string of the molecule is CC(C)NCC1CCN(CC2CC2)C1. The standard InChI is InChI=1S/C12H24N2/c1-10(2)13-7-12-5-6-14(9-12)8-11-3-4-11/h10-13H,3-9H2,1-2H3. The Labute approximate surface area is 88.1 Å². The van der Waals surface area contributed by atoms with Crippen LogP contribution in [0.15, 0.2) is 0 Å². The maximum atomic E-state index is 3.55. The lowest BCUT2D eigenvalue weighted by atomic mass is 10.1. The summed E-state index contributed by atoms with van der Waals surface area (Å²) in [5.41, 5.74) is 0. The van der Waals surface area contributed by atoms with E-state index in [-0.39, 0.29) is 0 Å². The first-order valence-corrected chi connectivity index (χ1v) is 6.20. The molecule has 2 rings (SSSR count). The summed E-state index contributed by atoms with van der Waals surface area (Å²) in [7, 11) is 0. The molecule has 0 radical (unpaired) electrons. The van der Waals surface area contributed by atoms with Crippen LogP contribution in [0.2, 0.25) is 0 Å². The lowest BCUT2D eigenvalue weighted by molar-refractivity contribution is 0.307. The van der Waals surface area contributed by atoms with Crippen molar-refractivity contribution in [1.82, 2.24) is 10.2 Å². The molecule has 0 spiro atoms. The molecule has 2 fully saturated rings. The topological polar surface area (TPSA) is 15.3 Å². The van der Waals surface area contributed by atoms with E-state index in [4.69, 9.17) is 0 Å². The van der Waals surface area contributed by atoms with Crippen LogP contribution < -0.4 is 5.32 Å². The Balaban J connectivity index is 1.61. The molecule has 14 heavy (non-hydrogen) atoms. The molecule has 0 amide bonds. The molecule has 1 unspecified atom stereocenters. The van der Waals surface area contributed by atoms with E-state index in [1.54, 1.807) is 0 Å². The van der Waals surface area contributed by atoms with Crippen LogP contribution in [0.1, 0.15) is 33.1 Å². The van der Waals surface area contributed by atoms with Crippen LogP contribution in [0.25, 0.3) is 0 Å². The number of hydrogen-bond acceptors (Lipinski definition) is 2. The Kier molecular flexibility index (Phi) is 3.45. The normalized spacial score (nSPS) is 28.9. The van der Waals surface area contributed by atoms with Gasteiger partial charge in [-0.1, -0.05) is 13.8 Å². The van der Waals surface area contributed by atoms with Gasteiger partial charge in [-0.15, -0.1) is 0 Å². The first-order valence-electron chi connectivity index (χ1n) is 6.20. The highest BCUT2D eigenvalue weighted by atomic mass is 15.2. The van der Waals surface area contributed by atoms with Crippen molar-refractivity contribution in [3.05, 3.63) is 0 Å². The van der Waals surface area contributed by atoms with Crippen molar-refractivity contribution in [2.24, 2.45) is 11.8 Å². The summed E-state index contributed by atoms with van der Waals surface area (Å²) in [5, 5.41) is 3.55. The lowest BCUT2D eigenvalue weighted by Gasteiger charge is -2.16. The minimum Gasteiger partial charge on any atom is -0.314 e. The van der Waals surface area contributed by atoms with Gasteiger partial charge in [0.05, 0.1) is 0 Å². The van der Waals surface area contributed by atoms with Crippen molar-refractivity contribution in [1.29, 1.82) is 0 Å². The fourth-order valence-electron chi connectivity index (χ4n) is 2.31. The first-order chi connectivity index (χ1) is 6.74. The van der Waals surface area contributed by atoms with E-state index in [1.807, 2.05) is 0 Å². The van der Waals surface area contributed by atoms with Crippen LogP contribution in [0.5, 0.6) is 0 Å². The summed E-state index contributed by atoms with van der Waals surface area (Å²) in [6.07, 6.45) is 4.39. The van der Waals surface area contributed by atoms with Gasteiger partial charge < -0.3 is 10.2 Å². The summed E-state index contributed by atoms with van der Waals surface area (Å²) in [6.45, 7) is 9.77. The zero-order valence-corrected chi connectivity index (χ0v) is 9.63. The molecule has 1 heterocycles. The van der Waals surface area contributed by atoms with E-state index in [1.165, 1.54) is 45.4 Å². The van der Waals surface area contributed by atoms with Crippen LogP contribution >= 0.6 is 0 Å². The molecule has 1 saturated heterocycles. The molecule has 2 aliphatic rings. The molecule has 2 nitrogen and oxygen atoms in total. The van der Waals surface area contributed by atoms with E-state index in [2.05, 4.69) is 24.1 Å². The molecule has 0 bridgehead atoms. The lowest BCUT2D eigenvalue weighted by Crippen LogP contribution is -2.31. The Morgan fingerprint density at radius 3 is 2.64 bits per heavy atom. The summed E-state index contributed by atoms with van der Waals surface area (Å²) in [6, 6.07) is 0.646. The third kappa shape index (κ3) is 3.25. The van der Waals surface area contributed by atoms with Gasteiger partial charge in [-0.2, -0.15) is 0 Å². The van der Waals surface area contributed by atoms with Crippen LogP contribution in [0, 0.1) is 11.8 Å². The molecule has 0 aromatic rings. The minimum atomic E-state index is 0.646. The van der Waals surface area contributed by atoms with Crippen molar-refractivity contribution in [2.45, 2.75) is 39.2 Å². The predicted octanol–water partition coefficient (Wildman–Crippen LogP) is 1.72. The van der Waals surface area contributed by atoms with E-state index >= 15 is 0 Å². The van der Waals surface area contributed by atoms with Gasteiger partial charge in [-0.25, -0.2) is 0 Å². The van der Waals surface area contributed by atoms with Gasteiger partial charge in [0.25, 0.3) is 0 Å². The third-order valence-electron chi connectivity index (χ3n) is 3.40. The van der Waals surface area contributed by atoms with E-state index in [9.17, 15) is 0 Å². The van der Waals surface area contributed by atoms with Crippen molar-refractivity contribution < 1.29 is 0 Å². The zero-order chi connectivity index (χ0) is 9.97. The number of nitrogens with zero attached hydrogens (tertiary/aromatic N) is 1. The van der Waals surface area contributed by atoms with Crippen molar-refractivity contribution in [3.8, 4) is 0 Å². The number of likely N-dealkylation sites (tertiary alicyclic amines) is 1. The average molecular weight is 196 g/mol. The highest BCUT2D eigenvalue weighted by Gasteiger charge is 2.28. The Bertz CT molecular complexity index is 175. The first kappa shape index (κ1) is 10.4. The molecule has 1 saturated carbocycles. The van der Waals surface area contributed by atoms with E-state index in [0.29, 0.717) is 6.04 Å². The molecular formula is C12H24N2. The van der Waals surface area contributed by atoms with Gasteiger partial charge in [-0.05, 0) is 44.2 Å². The van der Waals surface area contributed by atoms with Crippen molar-refractivity contribution in [2.75, 3.05) is 26.2 Å². The fourth-order valence-corrected chi connectivity index (χ4v) is 2.31. The molecule has 0 aromatic heterocycles. The van der Waals surface area contributed by atoms with Crippen LogP contribution in [0.3, 0.4) is 0 Å². The number of rotatable bonds is 5. The number of hydrogen-bond donors (Lipinski definition) is 1. The molecule has 1 N–H and O–H groups in total. The Hall–Kier alpha value is -0.0800. The molecule has 1 atom stereocenters. The molecule has 2 heteroatoms. The van der Waals surface area contributed by atoms with E-state index in [0.717, 1.165) is 11.8 Å². The van der Waals surface area contributed by atoms with E-state index < -0.39 is 0 Å².